The number of allylic oxidation sites excluding steroid dienone is 2. The van der Waals surface area contributed by atoms with Crippen molar-refractivity contribution in [2.24, 2.45) is 5.92 Å². The lowest BCUT2D eigenvalue weighted by Crippen LogP contribution is -2.36. The zero-order chi connectivity index (χ0) is 17.7. The number of hydrogen-bond acceptors (Lipinski definition) is 2. The van der Waals surface area contributed by atoms with Crippen molar-refractivity contribution in [1.29, 1.82) is 0 Å². The molecule has 2 atom stereocenters. The van der Waals surface area contributed by atoms with E-state index in [1.807, 2.05) is 25.2 Å². The number of hydrogen-bond donors (Lipinski definition) is 0. The van der Waals surface area contributed by atoms with Crippen LogP contribution in [-0.4, -0.2) is 11.6 Å². The molecule has 0 fully saturated rings. The van der Waals surface area contributed by atoms with Crippen LogP contribution in [0.3, 0.4) is 0 Å². The summed E-state index contributed by atoms with van der Waals surface area (Å²) >= 11 is 0. The molecule has 0 heterocycles. The fourth-order valence-corrected chi connectivity index (χ4v) is 3.18. The summed E-state index contributed by atoms with van der Waals surface area (Å²) in [6, 6.07) is 0. The fraction of sp³-hybridized carbons (Fsp3) is 0.773. The van der Waals surface area contributed by atoms with Gasteiger partial charge < -0.3 is 4.74 Å². The molecule has 1 aliphatic carbocycles. The maximum atomic E-state index is 12.0. The molecule has 0 amide bonds. The van der Waals surface area contributed by atoms with Gasteiger partial charge in [-0.3, -0.25) is 4.79 Å². The first-order valence-corrected chi connectivity index (χ1v) is 10.2. The van der Waals surface area contributed by atoms with Crippen molar-refractivity contribution >= 4 is 5.97 Å². The first-order valence-electron chi connectivity index (χ1n) is 10.2. The largest absolute Gasteiger partial charge is 0.454 e. The second kappa shape index (κ2) is 12.3. The zero-order valence-corrected chi connectivity index (χ0v) is 16.2. The lowest BCUT2D eigenvalue weighted by molar-refractivity contribution is -0.156. The van der Waals surface area contributed by atoms with Gasteiger partial charge in [-0.05, 0) is 19.4 Å². The third-order valence-corrected chi connectivity index (χ3v) is 5.16. The molecule has 0 aromatic carbocycles. The lowest BCUT2D eigenvalue weighted by atomic mass is 9.87. The average molecular weight is 335 g/mol. The van der Waals surface area contributed by atoms with Gasteiger partial charge in [0.2, 0.25) is 0 Å². The molecule has 1 aliphatic rings. The Kier molecular flexibility index (Phi) is 10.8. The summed E-state index contributed by atoms with van der Waals surface area (Å²) in [4.78, 5) is 12.0. The second-order valence-corrected chi connectivity index (χ2v) is 7.48. The summed E-state index contributed by atoms with van der Waals surface area (Å²) in [5.41, 5.74) is -0.469. The van der Waals surface area contributed by atoms with E-state index in [-0.39, 0.29) is 11.9 Å². The van der Waals surface area contributed by atoms with E-state index < -0.39 is 5.60 Å². The number of rotatable bonds is 13. The van der Waals surface area contributed by atoms with E-state index in [2.05, 4.69) is 19.9 Å². The quantitative estimate of drug-likeness (QED) is 0.275. The third-order valence-electron chi connectivity index (χ3n) is 5.16. The molecule has 2 heteroatoms. The van der Waals surface area contributed by atoms with Gasteiger partial charge >= 0.3 is 5.97 Å². The van der Waals surface area contributed by atoms with Crippen LogP contribution in [0.4, 0.5) is 0 Å². The number of carbonyl (C=O) groups is 1. The fourth-order valence-electron chi connectivity index (χ4n) is 3.18. The highest BCUT2D eigenvalue weighted by Gasteiger charge is 2.32. The van der Waals surface area contributed by atoms with Crippen molar-refractivity contribution < 1.29 is 9.53 Å². The van der Waals surface area contributed by atoms with Crippen LogP contribution in [-0.2, 0) is 9.53 Å². The Morgan fingerprint density at radius 2 is 1.46 bits per heavy atom. The van der Waals surface area contributed by atoms with Gasteiger partial charge in [-0.1, -0.05) is 96.3 Å². The Balaban J connectivity index is 1.97. The number of esters is 1. The predicted octanol–water partition coefficient (Wildman–Crippen LogP) is 6.75. The minimum atomic E-state index is -0.469. The normalized spacial score (nSPS) is 22.7. The van der Waals surface area contributed by atoms with E-state index in [1.165, 1.54) is 57.8 Å². The van der Waals surface area contributed by atoms with E-state index in [4.69, 9.17) is 4.74 Å². The second-order valence-electron chi connectivity index (χ2n) is 7.48. The maximum absolute atomic E-state index is 12.0. The lowest BCUT2D eigenvalue weighted by Gasteiger charge is -2.32. The summed E-state index contributed by atoms with van der Waals surface area (Å²) in [5, 5.41) is 0. The summed E-state index contributed by atoms with van der Waals surface area (Å²) in [7, 11) is 0. The van der Waals surface area contributed by atoms with E-state index >= 15 is 0 Å². The smallest absolute Gasteiger partial charge is 0.306 e. The first kappa shape index (κ1) is 21.0. The van der Waals surface area contributed by atoms with Crippen molar-refractivity contribution in [3.05, 3.63) is 24.3 Å². The molecule has 0 bridgehead atoms. The highest BCUT2D eigenvalue weighted by molar-refractivity contribution is 5.70. The molecular weight excluding hydrogens is 296 g/mol. The van der Waals surface area contributed by atoms with E-state index in [0.717, 1.165) is 12.8 Å². The average Bonchev–Trinajstić information content (AvgIpc) is 2.55. The first-order chi connectivity index (χ1) is 11.6. The van der Waals surface area contributed by atoms with Gasteiger partial charge in [0.1, 0.15) is 5.60 Å². The summed E-state index contributed by atoms with van der Waals surface area (Å²) in [6.45, 7) is 6.35. The molecule has 1 rings (SSSR count). The summed E-state index contributed by atoms with van der Waals surface area (Å²) in [5.74, 6) is 0.184. The summed E-state index contributed by atoms with van der Waals surface area (Å²) in [6.07, 6.45) is 22.9. The molecule has 0 aliphatic heterocycles. The molecule has 138 valence electrons. The van der Waals surface area contributed by atoms with Crippen LogP contribution < -0.4 is 0 Å². The van der Waals surface area contributed by atoms with Crippen molar-refractivity contribution in [2.45, 2.75) is 103 Å². The van der Waals surface area contributed by atoms with Crippen LogP contribution in [0.1, 0.15) is 97.8 Å². The number of unbranched alkanes of at least 4 members (excludes halogenated alkanes) is 10. The Labute approximate surface area is 149 Å². The van der Waals surface area contributed by atoms with Gasteiger partial charge in [0.15, 0.2) is 0 Å². The third kappa shape index (κ3) is 8.70. The van der Waals surface area contributed by atoms with Crippen LogP contribution in [0.25, 0.3) is 0 Å². The Morgan fingerprint density at radius 3 is 2.00 bits per heavy atom. The van der Waals surface area contributed by atoms with E-state index in [1.54, 1.807) is 0 Å². The van der Waals surface area contributed by atoms with E-state index in [0.29, 0.717) is 6.42 Å². The Bertz CT molecular complexity index is 397. The van der Waals surface area contributed by atoms with Crippen molar-refractivity contribution in [2.75, 3.05) is 0 Å². The Hall–Kier alpha value is -1.05. The summed E-state index contributed by atoms with van der Waals surface area (Å²) < 4.78 is 5.71. The minimum absolute atomic E-state index is 0.0553. The van der Waals surface area contributed by atoms with Gasteiger partial charge in [0.25, 0.3) is 0 Å². The molecule has 0 aromatic heterocycles. The standard InChI is InChI=1S/C22H38O2/c1-4-5-6-7-8-9-10-11-12-13-14-18-21(23)24-22(3)19-16-15-17-20(22)2/h15-17,19-20H,4-14,18H2,1-3H3. The van der Waals surface area contributed by atoms with Gasteiger partial charge in [-0.25, -0.2) is 0 Å². The molecular formula is C22H38O2. The number of ether oxygens (including phenoxy) is 1. The topological polar surface area (TPSA) is 26.3 Å². The zero-order valence-electron chi connectivity index (χ0n) is 16.2. The monoisotopic (exact) mass is 334 g/mol. The van der Waals surface area contributed by atoms with Crippen molar-refractivity contribution in [3.8, 4) is 0 Å². The van der Waals surface area contributed by atoms with Crippen LogP contribution in [0.15, 0.2) is 24.3 Å². The van der Waals surface area contributed by atoms with E-state index in [9.17, 15) is 4.79 Å². The molecule has 0 saturated heterocycles. The van der Waals surface area contributed by atoms with Crippen molar-refractivity contribution in [3.63, 3.8) is 0 Å². The Morgan fingerprint density at radius 1 is 0.917 bits per heavy atom. The number of carbonyl (C=O) groups excluding carboxylic acids is 1. The molecule has 2 unspecified atom stereocenters. The maximum Gasteiger partial charge on any atom is 0.306 e. The molecule has 0 saturated carbocycles. The van der Waals surface area contributed by atoms with Gasteiger partial charge in [-0.2, -0.15) is 0 Å². The van der Waals surface area contributed by atoms with Gasteiger partial charge in [0, 0.05) is 12.3 Å². The van der Waals surface area contributed by atoms with Crippen LogP contribution in [0, 0.1) is 5.92 Å². The molecule has 24 heavy (non-hydrogen) atoms. The van der Waals surface area contributed by atoms with Crippen LogP contribution in [0.5, 0.6) is 0 Å². The SMILES string of the molecule is CCCCCCCCCCCCCC(=O)OC1(C)C=CC=CC1C. The highest BCUT2D eigenvalue weighted by atomic mass is 16.6. The molecule has 2 nitrogen and oxygen atoms in total. The molecule has 0 N–H and O–H groups in total. The van der Waals surface area contributed by atoms with Gasteiger partial charge in [0.05, 0.1) is 0 Å². The molecule has 0 spiro atoms. The van der Waals surface area contributed by atoms with Crippen LogP contribution >= 0.6 is 0 Å². The predicted molar refractivity (Wildman–Crippen MR) is 103 cm³/mol. The van der Waals surface area contributed by atoms with Crippen molar-refractivity contribution in [1.82, 2.24) is 0 Å². The highest BCUT2D eigenvalue weighted by Crippen LogP contribution is 2.28. The van der Waals surface area contributed by atoms with Crippen LogP contribution in [0.2, 0.25) is 0 Å². The molecule has 0 radical (unpaired) electrons. The minimum Gasteiger partial charge on any atom is -0.454 e. The van der Waals surface area contributed by atoms with Gasteiger partial charge in [-0.15, -0.1) is 0 Å². The molecule has 0 aromatic rings.